The lowest BCUT2D eigenvalue weighted by atomic mass is 10.1. The lowest BCUT2D eigenvalue weighted by molar-refractivity contribution is 0.198. The van der Waals surface area contributed by atoms with E-state index in [0.717, 1.165) is 22.2 Å². The maximum absolute atomic E-state index is 10.2. The van der Waals surface area contributed by atoms with E-state index in [9.17, 15) is 5.11 Å². The third-order valence-electron chi connectivity index (χ3n) is 2.50. The molecule has 0 amide bonds. The van der Waals surface area contributed by atoms with Crippen molar-refractivity contribution in [2.24, 2.45) is 0 Å². The molecular weight excluding hydrogens is 316 g/mol. The molecule has 0 bridgehead atoms. The molecule has 1 N–H and O–H groups in total. The van der Waals surface area contributed by atoms with Crippen molar-refractivity contribution in [2.45, 2.75) is 19.4 Å². The van der Waals surface area contributed by atoms with Crippen LogP contribution in [0.4, 0.5) is 0 Å². The van der Waals surface area contributed by atoms with Crippen LogP contribution in [0, 0.1) is 0 Å². The predicted octanol–water partition coefficient (Wildman–Crippen LogP) is 3.64. The highest BCUT2D eigenvalue weighted by molar-refractivity contribution is 9.10. The summed E-state index contributed by atoms with van der Waals surface area (Å²) in [7, 11) is 3.20. The maximum Gasteiger partial charge on any atom is 0.142 e. The fourth-order valence-corrected chi connectivity index (χ4v) is 3.15. The fraction of sp³-hybridized carbons (Fsp3) is 0.538. The zero-order chi connectivity index (χ0) is 13.5. The second-order valence-corrected chi connectivity index (χ2v) is 5.74. The molecule has 0 aliphatic carbocycles. The second kappa shape index (κ2) is 7.92. The summed E-state index contributed by atoms with van der Waals surface area (Å²) in [6.07, 6.45) is 0.583. The molecule has 0 aliphatic heterocycles. The van der Waals surface area contributed by atoms with Gasteiger partial charge in [-0.2, -0.15) is 11.8 Å². The van der Waals surface area contributed by atoms with E-state index in [4.69, 9.17) is 9.47 Å². The summed E-state index contributed by atoms with van der Waals surface area (Å²) in [6.45, 7) is 2.13. The number of halogens is 1. The minimum Gasteiger partial charge on any atom is -0.495 e. The monoisotopic (exact) mass is 334 g/mol. The van der Waals surface area contributed by atoms with Crippen molar-refractivity contribution in [1.29, 1.82) is 0 Å². The number of hydrogen-bond donors (Lipinski definition) is 1. The van der Waals surface area contributed by atoms with Crippen molar-refractivity contribution < 1.29 is 14.6 Å². The molecule has 0 fully saturated rings. The second-order valence-electron chi connectivity index (χ2n) is 3.79. The maximum atomic E-state index is 10.2. The average Bonchev–Trinajstić information content (AvgIpc) is 2.38. The van der Waals surface area contributed by atoms with Gasteiger partial charge in [-0.25, -0.2) is 0 Å². The number of methoxy groups -OCH3 is 2. The minimum atomic E-state index is -0.529. The summed E-state index contributed by atoms with van der Waals surface area (Å²) in [5, 5.41) is 10.2. The van der Waals surface area contributed by atoms with E-state index < -0.39 is 6.10 Å². The molecule has 1 atom stereocenters. The summed E-state index contributed by atoms with van der Waals surface area (Å²) in [5.41, 5.74) is 0.786. The van der Waals surface area contributed by atoms with Crippen molar-refractivity contribution in [1.82, 2.24) is 0 Å². The number of aliphatic hydroxyl groups is 1. The predicted molar refractivity (Wildman–Crippen MR) is 79.8 cm³/mol. The van der Waals surface area contributed by atoms with Crippen LogP contribution in [0.25, 0.3) is 0 Å². The molecule has 0 radical (unpaired) electrons. The summed E-state index contributed by atoms with van der Waals surface area (Å²) >= 11 is 5.17. The Bertz CT molecular complexity index is 385. The smallest absolute Gasteiger partial charge is 0.142 e. The van der Waals surface area contributed by atoms with Crippen molar-refractivity contribution in [3.8, 4) is 11.5 Å². The molecule has 0 saturated carbocycles. The first kappa shape index (κ1) is 15.7. The molecule has 0 saturated heterocycles. The highest BCUT2D eigenvalue weighted by atomic mass is 79.9. The molecule has 1 aromatic rings. The first-order valence-electron chi connectivity index (χ1n) is 5.81. The van der Waals surface area contributed by atoms with Crippen LogP contribution < -0.4 is 9.47 Å². The Morgan fingerprint density at radius 3 is 2.61 bits per heavy atom. The molecule has 1 aromatic carbocycles. The SMILES string of the molecule is CCCSCC(O)c1ccc(OC)c(Br)c1OC. The third-order valence-corrected chi connectivity index (χ3v) is 4.50. The van der Waals surface area contributed by atoms with E-state index in [1.54, 1.807) is 26.0 Å². The number of hydrogen-bond acceptors (Lipinski definition) is 4. The molecule has 0 spiro atoms. The van der Waals surface area contributed by atoms with Gasteiger partial charge in [-0.15, -0.1) is 0 Å². The first-order valence-corrected chi connectivity index (χ1v) is 7.76. The molecule has 18 heavy (non-hydrogen) atoms. The number of thioether (sulfide) groups is 1. The van der Waals surface area contributed by atoms with Gasteiger partial charge in [0.2, 0.25) is 0 Å². The van der Waals surface area contributed by atoms with Crippen LogP contribution in [-0.2, 0) is 0 Å². The van der Waals surface area contributed by atoms with Crippen molar-refractivity contribution in [3.63, 3.8) is 0 Å². The van der Waals surface area contributed by atoms with Crippen molar-refractivity contribution >= 4 is 27.7 Å². The Morgan fingerprint density at radius 2 is 2.06 bits per heavy atom. The van der Waals surface area contributed by atoms with Crippen LogP contribution in [0.2, 0.25) is 0 Å². The van der Waals surface area contributed by atoms with Gasteiger partial charge in [-0.1, -0.05) is 6.92 Å². The lowest BCUT2D eigenvalue weighted by Crippen LogP contribution is -2.05. The highest BCUT2D eigenvalue weighted by Gasteiger charge is 2.18. The summed E-state index contributed by atoms with van der Waals surface area (Å²) in [6, 6.07) is 3.68. The van der Waals surface area contributed by atoms with Gasteiger partial charge in [0.05, 0.1) is 20.3 Å². The van der Waals surface area contributed by atoms with Gasteiger partial charge in [-0.3, -0.25) is 0 Å². The average molecular weight is 335 g/mol. The van der Waals surface area contributed by atoms with Gasteiger partial charge in [-0.05, 0) is 40.2 Å². The Balaban J connectivity index is 2.90. The zero-order valence-corrected chi connectivity index (χ0v) is 13.3. The minimum absolute atomic E-state index is 0.529. The van der Waals surface area contributed by atoms with Crippen LogP contribution in [0.15, 0.2) is 16.6 Å². The third kappa shape index (κ3) is 3.80. The van der Waals surface area contributed by atoms with Crippen LogP contribution in [0.3, 0.4) is 0 Å². The van der Waals surface area contributed by atoms with Crippen LogP contribution in [-0.4, -0.2) is 30.8 Å². The van der Waals surface area contributed by atoms with E-state index in [1.807, 2.05) is 12.1 Å². The molecule has 102 valence electrons. The number of benzene rings is 1. The van der Waals surface area contributed by atoms with E-state index in [1.165, 1.54) is 0 Å². The number of aliphatic hydroxyl groups excluding tert-OH is 1. The summed E-state index contributed by atoms with van der Waals surface area (Å²) in [5.74, 6) is 3.06. The van der Waals surface area contributed by atoms with E-state index >= 15 is 0 Å². The van der Waals surface area contributed by atoms with Gasteiger partial charge in [0.1, 0.15) is 16.0 Å². The molecule has 0 aromatic heterocycles. The van der Waals surface area contributed by atoms with Crippen molar-refractivity contribution in [3.05, 3.63) is 22.2 Å². The molecule has 1 unspecified atom stereocenters. The van der Waals surface area contributed by atoms with E-state index in [2.05, 4.69) is 22.9 Å². The Kier molecular flexibility index (Phi) is 6.89. The number of rotatable bonds is 7. The molecule has 0 heterocycles. The molecular formula is C13H19BrO3S. The molecule has 1 rings (SSSR count). The van der Waals surface area contributed by atoms with Crippen LogP contribution >= 0.6 is 27.7 Å². The highest BCUT2D eigenvalue weighted by Crippen LogP contribution is 2.40. The summed E-state index contributed by atoms with van der Waals surface area (Å²) < 4.78 is 11.3. The largest absolute Gasteiger partial charge is 0.495 e. The molecule has 3 nitrogen and oxygen atoms in total. The van der Waals surface area contributed by atoms with Gasteiger partial charge in [0.15, 0.2) is 0 Å². The number of ether oxygens (including phenoxy) is 2. The van der Waals surface area contributed by atoms with Crippen LogP contribution in [0.1, 0.15) is 25.0 Å². The molecule has 5 heteroatoms. The topological polar surface area (TPSA) is 38.7 Å². The first-order chi connectivity index (χ1) is 8.65. The standard InChI is InChI=1S/C13H19BrO3S/c1-4-7-18-8-10(15)9-5-6-11(16-2)12(14)13(9)17-3/h5-6,10,15H,4,7-8H2,1-3H3. The van der Waals surface area contributed by atoms with E-state index in [0.29, 0.717) is 17.3 Å². The Hall–Kier alpha value is -0.390. The quantitative estimate of drug-likeness (QED) is 0.772. The van der Waals surface area contributed by atoms with Gasteiger partial charge < -0.3 is 14.6 Å². The van der Waals surface area contributed by atoms with Crippen LogP contribution in [0.5, 0.6) is 11.5 Å². The fourth-order valence-electron chi connectivity index (χ4n) is 1.61. The van der Waals surface area contributed by atoms with E-state index in [-0.39, 0.29) is 0 Å². The Morgan fingerprint density at radius 1 is 1.33 bits per heavy atom. The van der Waals surface area contributed by atoms with Gasteiger partial charge in [0.25, 0.3) is 0 Å². The molecule has 0 aliphatic rings. The van der Waals surface area contributed by atoms with Gasteiger partial charge >= 0.3 is 0 Å². The van der Waals surface area contributed by atoms with Gasteiger partial charge in [0, 0.05) is 11.3 Å². The normalized spacial score (nSPS) is 12.3. The Labute approximate surface area is 121 Å². The lowest BCUT2D eigenvalue weighted by Gasteiger charge is -2.17. The van der Waals surface area contributed by atoms with Crippen molar-refractivity contribution in [2.75, 3.05) is 25.7 Å². The summed E-state index contributed by atoms with van der Waals surface area (Å²) in [4.78, 5) is 0. The zero-order valence-electron chi connectivity index (χ0n) is 10.9.